The maximum absolute atomic E-state index is 13.2. The molecule has 0 bridgehead atoms. The van der Waals surface area contributed by atoms with Gasteiger partial charge in [-0.1, -0.05) is 12.1 Å². The number of hydrogen-bond donors (Lipinski definition) is 1. The van der Waals surface area contributed by atoms with Crippen molar-refractivity contribution in [2.24, 2.45) is 0 Å². The Kier molecular flexibility index (Phi) is 4.93. The molecule has 1 aromatic heterocycles. The lowest BCUT2D eigenvalue weighted by molar-refractivity contribution is -0.116. The lowest BCUT2D eigenvalue weighted by Crippen LogP contribution is -2.20. The maximum Gasteiger partial charge on any atom is 0.226 e. The first kappa shape index (κ1) is 16.9. The van der Waals surface area contributed by atoms with Gasteiger partial charge in [0, 0.05) is 18.1 Å². The lowest BCUT2D eigenvalue weighted by atomic mass is 10.0. The number of aryl methyl sites for hydroxylation is 1. The minimum absolute atomic E-state index is 0.178. The fraction of sp³-hybridized carbons (Fsp3) is 0.150. The highest BCUT2D eigenvalue weighted by molar-refractivity contribution is 5.92. The Labute approximate surface area is 144 Å². The standard InChI is InChI=1S/C20H18F2N2O/c1-14-12-17(22)8-9-18(14)23-20(25)13-19(24-10-2-3-11-24)15-4-6-16(21)7-5-15/h2-12,19H,13H2,1H3,(H,23,25)/t19-/m0/s1. The molecule has 0 aliphatic carbocycles. The van der Waals surface area contributed by atoms with Gasteiger partial charge in [0.05, 0.1) is 12.5 Å². The number of aromatic nitrogens is 1. The zero-order valence-corrected chi connectivity index (χ0v) is 13.7. The Bertz CT molecular complexity index is 858. The SMILES string of the molecule is Cc1cc(F)ccc1NC(=O)C[C@@H](c1ccc(F)cc1)n1cccc1. The summed E-state index contributed by atoms with van der Waals surface area (Å²) in [5.41, 5.74) is 2.08. The molecule has 1 atom stereocenters. The number of hydrogen-bond acceptors (Lipinski definition) is 1. The van der Waals surface area contributed by atoms with Gasteiger partial charge in [-0.2, -0.15) is 0 Å². The summed E-state index contributed by atoms with van der Waals surface area (Å²) in [4.78, 5) is 12.5. The summed E-state index contributed by atoms with van der Waals surface area (Å²) in [5, 5.41) is 2.82. The molecule has 2 aromatic carbocycles. The molecule has 0 unspecified atom stereocenters. The van der Waals surface area contributed by atoms with Gasteiger partial charge in [-0.15, -0.1) is 0 Å². The minimum atomic E-state index is -0.341. The normalized spacial score (nSPS) is 12.0. The van der Waals surface area contributed by atoms with E-state index in [9.17, 15) is 13.6 Å². The van der Waals surface area contributed by atoms with Crippen LogP contribution in [0.3, 0.4) is 0 Å². The molecule has 25 heavy (non-hydrogen) atoms. The number of rotatable bonds is 5. The van der Waals surface area contributed by atoms with Gasteiger partial charge in [0.1, 0.15) is 11.6 Å². The molecule has 128 valence electrons. The van der Waals surface area contributed by atoms with Crippen LogP contribution in [0.15, 0.2) is 67.0 Å². The predicted molar refractivity (Wildman–Crippen MR) is 93.4 cm³/mol. The van der Waals surface area contributed by atoms with Gasteiger partial charge < -0.3 is 9.88 Å². The van der Waals surface area contributed by atoms with Crippen LogP contribution in [0, 0.1) is 18.6 Å². The fourth-order valence-corrected chi connectivity index (χ4v) is 2.78. The molecule has 0 saturated heterocycles. The minimum Gasteiger partial charge on any atom is -0.346 e. The van der Waals surface area contributed by atoms with Crippen LogP contribution >= 0.6 is 0 Å². The molecule has 1 amide bonds. The average Bonchev–Trinajstić information content (AvgIpc) is 3.10. The quantitative estimate of drug-likeness (QED) is 0.718. The van der Waals surface area contributed by atoms with Crippen molar-refractivity contribution in [3.05, 3.63) is 89.8 Å². The van der Waals surface area contributed by atoms with E-state index in [4.69, 9.17) is 0 Å². The van der Waals surface area contributed by atoms with E-state index in [1.807, 2.05) is 29.1 Å². The molecule has 0 radical (unpaired) electrons. The Hall–Kier alpha value is -2.95. The van der Waals surface area contributed by atoms with Crippen molar-refractivity contribution in [2.45, 2.75) is 19.4 Å². The number of anilines is 1. The van der Waals surface area contributed by atoms with E-state index in [1.54, 1.807) is 25.1 Å². The number of amides is 1. The Morgan fingerprint density at radius 3 is 2.32 bits per heavy atom. The molecule has 0 spiro atoms. The Morgan fingerprint density at radius 2 is 1.68 bits per heavy atom. The van der Waals surface area contributed by atoms with Crippen molar-refractivity contribution in [1.82, 2.24) is 4.57 Å². The summed E-state index contributed by atoms with van der Waals surface area (Å²) >= 11 is 0. The van der Waals surface area contributed by atoms with Crippen molar-refractivity contribution < 1.29 is 13.6 Å². The molecule has 0 saturated carbocycles. The number of nitrogens with one attached hydrogen (secondary N) is 1. The molecule has 1 heterocycles. The van der Waals surface area contributed by atoms with Gasteiger partial charge in [0.15, 0.2) is 0 Å². The van der Waals surface area contributed by atoms with Gasteiger partial charge in [0.2, 0.25) is 5.91 Å². The Balaban J connectivity index is 1.80. The van der Waals surface area contributed by atoms with Crippen molar-refractivity contribution in [3.8, 4) is 0 Å². The van der Waals surface area contributed by atoms with Crippen LogP contribution < -0.4 is 5.32 Å². The van der Waals surface area contributed by atoms with E-state index >= 15 is 0 Å². The number of nitrogens with zero attached hydrogens (tertiary/aromatic N) is 1. The second-order valence-electron chi connectivity index (χ2n) is 5.91. The molecule has 0 aliphatic rings. The third kappa shape index (κ3) is 4.12. The van der Waals surface area contributed by atoms with E-state index in [-0.39, 0.29) is 30.0 Å². The molecular formula is C20H18F2N2O. The van der Waals surface area contributed by atoms with Gasteiger partial charge in [-0.3, -0.25) is 4.79 Å². The molecule has 3 rings (SSSR count). The van der Waals surface area contributed by atoms with Crippen LogP contribution in [0.1, 0.15) is 23.6 Å². The monoisotopic (exact) mass is 340 g/mol. The number of carbonyl (C=O) groups excluding carboxylic acids is 1. The van der Waals surface area contributed by atoms with Crippen LogP contribution in [-0.2, 0) is 4.79 Å². The van der Waals surface area contributed by atoms with Crippen molar-refractivity contribution in [1.29, 1.82) is 0 Å². The zero-order valence-electron chi connectivity index (χ0n) is 13.7. The van der Waals surface area contributed by atoms with Crippen LogP contribution in [0.25, 0.3) is 0 Å². The lowest BCUT2D eigenvalue weighted by Gasteiger charge is -2.20. The first-order valence-corrected chi connectivity index (χ1v) is 7.97. The summed E-state index contributed by atoms with van der Waals surface area (Å²) in [7, 11) is 0. The fourth-order valence-electron chi connectivity index (χ4n) is 2.78. The second kappa shape index (κ2) is 7.30. The summed E-state index contributed by atoms with van der Waals surface area (Å²) in [6.45, 7) is 1.74. The van der Waals surface area contributed by atoms with Crippen LogP contribution in [0.4, 0.5) is 14.5 Å². The zero-order chi connectivity index (χ0) is 17.8. The maximum atomic E-state index is 13.2. The third-order valence-electron chi connectivity index (χ3n) is 4.08. The number of halogens is 2. The molecule has 1 N–H and O–H groups in total. The van der Waals surface area contributed by atoms with Gasteiger partial charge >= 0.3 is 0 Å². The molecular weight excluding hydrogens is 322 g/mol. The molecule has 5 heteroatoms. The third-order valence-corrected chi connectivity index (χ3v) is 4.08. The van der Waals surface area contributed by atoms with Gasteiger partial charge in [0.25, 0.3) is 0 Å². The molecule has 3 aromatic rings. The largest absolute Gasteiger partial charge is 0.346 e. The van der Waals surface area contributed by atoms with Gasteiger partial charge in [-0.05, 0) is 60.5 Å². The van der Waals surface area contributed by atoms with Crippen molar-refractivity contribution in [3.63, 3.8) is 0 Å². The molecule has 3 nitrogen and oxygen atoms in total. The van der Waals surface area contributed by atoms with E-state index < -0.39 is 0 Å². The van der Waals surface area contributed by atoms with E-state index in [1.165, 1.54) is 24.3 Å². The average molecular weight is 340 g/mol. The first-order chi connectivity index (χ1) is 12.0. The highest BCUT2D eigenvalue weighted by Gasteiger charge is 2.18. The highest BCUT2D eigenvalue weighted by Crippen LogP contribution is 2.24. The van der Waals surface area contributed by atoms with Crippen LogP contribution in [0.5, 0.6) is 0 Å². The van der Waals surface area contributed by atoms with E-state index in [0.717, 1.165) is 5.56 Å². The summed E-state index contributed by atoms with van der Waals surface area (Å²) < 4.78 is 28.3. The molecule has 0 aliphatic heterocycles. The topological polar surface area (TPSA) is 34.0 Å². The molecule has 0 fully saturated rings. The summed E-state index contributed by atoms with van der Waals surface area (Å²) in [6, 6.07) is 13.8. The smallest absolute Gasteiger partial charge is 0.226 e. The van der Waals surface area contributed by atoms with Crippen LogP contribution in [0.2, 0.25) is 0 Å². The highest BCUT2D eigenvalue weighted by atomic mass is 19.1. The first-order valence-electron chi connectivity index (χ1n) is 7.97. The van der Waals surface area contributed by atoms with Crippen molar-refractivity contribution >= 4 is 11.6 Å². The number of benzene rings is 2. The Morgan fingerprint density at radius 1 is 1.04 bits per heavy atom. The number of carbonyl (C=O) groups is 1. The second-order valence-corrected chi connectivity index (χ2v) is 5.91. The van der Waals surface area contributed by atoms with Gasteiger partial charge in [-0.25, -0.2) is 8.78 Å². The predicted octanol–water partition coefficient (Wildman–Crippen LogP) is 4.69. The van der Waals surface area contributed by atoms with Crippen LogP contribution in [-0.4, -0.2) is 10.5 Å². The van der Waals surface area contributed by atoms with E-state index in [2.05, 4.69) is 5.32 Å². The summed E-state index contributed by atoms with van der Waals surface area (Å²) in [5.74, 6) is -0.855. The van der Waals surface area contributed by atoms with Crippen molar-refractivity contribution in [2.75, 3.05) is 5.32 Å². The van der Waals surface area contributed by atoms with E-state index in [0.29, 0.717) is 11.3 Å². The summed E-state index contributed by atoms with van der Waals surface area (Å²) in [6.07, 6.45) is 3.91.